The predicted molar refractivity (Wildman–Crippen MR) is 307 cm³/mol. The fourth-order valence-corrected chi connectivity index (χ4v) is 11.2. The van der Waals surface area contributed by atoms with Gasteiger partial charge in [-0.3, -0.25) is 0 Å². The summed E-state index contributed by atoms with van der Waals surface area (Å²) in [5.41, 5.74) is 20.3. The van der Waals surface area contributed by atoms with Gasteiger partial charge in [-0.05, 0) is 139 Å². The van der Waals surface area contributed by atoms with Gasteiger partial charge in [-0.25, -0.2) is 0 Å². The second kappa shape index (κ2) is 17.6. The maximum atomic E-state index is 6.36. The third kappa shape index (κ3) is 7.37. The van der Waals surface area contributed by atoms with Crippen molar-refractivity contribution in [1.82, 2.24) is 4.57 Å². The SMILES string of the molecule is c1ccc(-c2cccc3cccc(-c4ccc(N(c5cccc(-c6ccc(-c7ccc(-n8c9ccccc9c9ccccc98)cc7)cc6)c5)c5cccc(-c6cccc7oc8ccccc8c67)c5)cc4)c23)cc1. The van der Waals surface area contributed by atoms with Crippen molar-refractivity contribution in [3.63, 3.8) is 0 Å². The van der Waals surface area contributed by atoms with Crippen LogP contribution in [0.3, 0.4) is 0 Å². The van der Waals surface area contributed by atoms with Crippen LogP contribution in [0.15, 0.2) is 283 Å². The second-order valence-electron chi connectivity index (χ2n) is 18.8. The van der Waals surface area contributed by atoms with E-state index in [1.165, 1.54) is 66.0 Å². The van der Waals surface area contributed by atoms with Gasteiger partial charge in [-0.15, -0.1) is 0 Å². The predicted octanol–water partition coefficient (Wildman–Crippen LogP) is 19.6. The summed E-state index contributed by atoms with van der Waals surface area (Å²) in [4.78, 5) is 2.38. The summed E-state index contributed by atoms with van der Waals surface area (Å²) >= 11 is 0. The number of anilines is 3. The van der Waals surface area contributed by atoms with Gasteiger partial charge in [0.05, 0.1) is 11.0 Å². The van der Waals surface area contributed by atoms with Crippen molar-refractivity contribution in [2.24, 2.45) is 0 Å². The highest BCUT2D eigenvalue weighted by molar-refractivity contribution is 6.13. The zero-order valence-corrected chi connectivity index (χ0v) is 39.9. The van der Waals surface area contributed by atoms with Gasteiger partial charge < -0.3 is 13.9 Å². The lowest BCUT2D eigenvalue weighted by Gasteiger charge is -2.27. The summed E-state index contributed by atoms with van der Waals surface area (Å²) in [5, 5.41) is 7.25. The number of fused-ring (bicyclic) bond motifs is 7. The molecule has 0 unspecified atom stereocenters. The van der Waals surface area contributed by atoms with Gasteiger partial charge in [0.2, 0.25) is 0 Å². The largest absolute Gasteiger partial charge is 0.456 e. The number of hydrogen-bond acceptors (Lipinski definition) is 2. The normalized spacial score (nSPS) is 11.6. The molecule has 14 rings (SSSR count). The molecule has 0 aliphatic heterocycles. The molecule has 2 aromatic heterocycles. The van der Waals surface area contributed by atoms with E-state index in [0.717, 1.165) is 66.9 Å². The molecule has 2 heterocycles. The molecular formula is C70H46N2O. The highest BCUT2D eigenvalue weighted by Crippen LogP contribution is 2.43. The number of rotatable bonds is 9. The van der Waals surface area contributed by atoms with Gasteiger partial charge in [-0.2, -0.15) is 0 Å². The molecule has 0 radical (unpaired) electrons. The van der Waals surface area contributed by atoms with Crippen LogP contribution in [0.5, 0.6) is 0 Å². The topological polar surface area (TPSA) is 21.3 Å². The van der Waals surface area contributed by atoms with Crippen LogP contribution >= 0.6 is 0 Å². The number of hydrogen-bond donors (Lipinski definition) is 0. The quantitative estimate of drug-likeness (QED) is 0.144. The maximum Gasteiger partial charge on any atom is 0.136 e. The van der Waals surface area contributed by atoms with Crippen molar-refractivity contribution in [2.75, 3.05) is 4.90 Å². The summed E-state index contributed by atoms with van der Waals surface area (Å²) < 4.78 is 8.73. The van der Waals surface area contributed by atoms with Crippen LogP contribution in [0.1, 0.15) is 0 Å². The highest BCUT2D eigenvalue weighted by Gasteiger charge is 2.19. The minimum absolute atomic E-state index is 0.885. The Bertz CT molecular complexity index is 4300. The van der Waals surface area contributed by atoms with Crippen molar-refractivity contribution in [2.45, 2.75) is 0 Å². The van der Waals surface area contributed by atoms with Gasteiger partial charge in [0.1, 0.15) is 11.2 Å². The first-order chi connectivity index (χ1) is 36.2. The van der Waals surface area contributed by atoms with Crippen molar-refractivity contribution in [3.8, 4) is 61.3 Å². The van der Waals surface area contributed by atoms with E-state index in [4.69, 9.17) is 4.42 Å². The van der Waals surface area contributed by atoms with E-state index < -0.39 is 0 Å². The van der Waals surface area contributed by atoms with Gasteiger partial charge >= 0.3 is 0 Å². The van der Waals surface area contributed by atoms with E-state index in [0.29, 0.717) is 0 Å². The smallest absolute Gasteiger partial charge is 0.136 e. The lowest BCUT2D eigenvalue weighted by Crippen LogP contribution is -2.10. The van der Waals surface area contributed by atoms with Crippen molar-refractivity contribution in [3.05, 3.63) is 279 Å². The minimum Gasteiger partial charge on any atom is -0.456 e. The first kappa shape index (κ1) is 42.2. The van der Waals surface area contributed by atoms with E-state index in [1.54, 1.807) is 0 Å². The molecule has 0 aliphatic carbocycles. The van der Waals surface area contributed by atoms with Gasteiger partial charge in [0.25, 0.3) is 0 Å². The number of para-hydroxylation sites is 3. The fourth-order valence-electron chi connectivity index (χ4n) is 11.2. The number of benzene rings is 12. The van der Waals surface area contributed by atoms with Crippen LogP contribution in [0.4, 0.5) is 17.1 Å². The Morgan fingerprint density at radius 3 is 1.38 bits per heavy atom. The lowest BCUT2D eigenvalue weighted by atomic mass is 9.91. The van der Waals surface area contributed by atoms with Crippen LogP contribution in [0, 0.1) is 0 Å². The van der Waals surface area contributed by atoms with Crippen LogP contribution in [-0.2, 0) is 0 Å². The van der Waals surface area contributed by atoms with E-state index >= 15 is 0 Å². The molecule has 342 valence electrons. The maximum absolute atomic E-state index is 6.36. The molecule has 73 heavy (non-hydrogen) atoms. The Labute approximate surface area is 423 Å². The average molecular weight is 931 g/mol. The van der Waals surface area contributed by atoms with Gasteiger partial charge in [-0.1, -0.05) is 206 Å². The number of furan rings is 1. The van der Waals surface area contributed by atoms with Crippen LogP contribution in [-0.4, -0.2) is 4.57 Å². The summed E-state index contributed by atoms with van der Waals surface area (Å²) in [6.07, 6.45) is 0. The average Bonchev–Trinajstić information content (AvgIpc) is 4.03. The van der Waals surface area contributed by atoms with Crippen LogP contribution < -0.4 is 4.90 Å². The Kier molecular flexibility index (Phi) is 10.2. The highest BCUT2D eigenvalue weighted by atomic mass is 16.3. The fraction of sp³-hybridized carbons (Fsp3) is 0. The Balaban J connectivity index is 0.839. The molecule has 0 atom stereocenters. The first-order valence-electron chi connectivity index (χ1n) is 25.0. The van der Waals surface area contributed by atoms with E-state index in [-0.39, 0.29) is 0 Å². The Hall–Kier alpha value is -9.70. The molecule has 3 nitrogen and oxygen atoms in total. The molecular weight excluding hydrogens is 885 g/mol. The van der Waals surface area contributed by atoms with E-state index in [1.807, 2.05) is 12.1 Å². The monoisotopic (exact) mass is 930 g/mol. The van der Waals surface area contributed by atoms with Gasteiger partial charge in [0.15, 0.2) is 0 Å². The molecule has 0 bridgehead atoms. The molecule has 0 N–H and O–H groups in total. The Morgan fingerprint density at radius 1 is 0.274 bits per heavy atom. The molecule has 0 saturated heterocycles. The van der Waals surface area contributed by atoms with Gasteiger partial charge in [0, 0.05) is 44.3 Å². The summed E-state index contributed by atoms with van der Waals surface area (Å²) in [7, 11) is 0. The van der Waals surface area contributed by atoms with E-state index in [2.05, 4.69) is 276 Å². The third-order valence-corrected chi connectivity index (χ3v) is 14.6. The molecule has 0 aliphatic rings. The van der Waals surface area contributed by atoms with Crippen molar-refractivity contribution >= 4 is 71.6 Å². The zero-order valence-electron chi connectivity index (χ0n) is 39.9. The first-order valence-corrected chi connectivity index (χ1v) is 25.0. The molecule has 0 fully saturated rings. The van der Waals surface area contributed by atoms with Crippen LogP contribution in [0.2, 0.25) is 0 Å². The van der Waals surface area contributed by atoms with Crippen LogP contribution in [0.25, 0.3) is 116 Å². The molecule has 14 aromatic rings. The summed E-state index contributed by atoms with van der Waals surface area (Å²) in [6.45, 7) is 0. The second-order valence-corrected chi connectivity index (χ2v) is 18.8. The lowest BCUT2D eigenvalue weighted by molar-refractivity contribution is 0.669. The summed E-state index contributed by atoms with van der Waals surface area (Å²) in [6, 6.07) is 101. The summed E-state index contributed by atoms with van der Waals surface area (Å²) in [5.74, 6) is 0. The molecule has 0 amide bonds. The molecule has 12 aromatic carbocycles. The molecule has 3 heteroatoms. The standard InChI is InChI=1S/C70H46N2O/c1-2-15-50(16-3-1)59-26-12-17-52-18-13-27-60(69(52)59)51-39-43-55(44-40-51)71(58-22-11-20-54(46-58)61-28-14-32-68-70(61)64-25-6-9-31-67(64)73-68)57-21-10-19-53(45-57)49-35-33-47(34-36-49)48-37-41-56(42-38-48)72-65-29-7-4-23-62(65)63-24-5-8-30-66(63)72/h1-46H. The minimum atomic E-state index is 0.885. The number of nitrogens with zero attached hydrogens (tertiary/aromatic N) is 2. The number of aromatic nitrogens is 1. The molecule has 0 spiro atoms. The van der Waals surface area contributed by atoms with E-state index in [9.17, 15) is 0 Å². The Morgan fingerprint density at radius 2 is 0.726 bits per heavy atom. The zero-order chi connectivity index (χ0) is 48.2. The van der Waals surface area contributed by atoms with Crippen molar-refractivity contribution < 1.29 is 4.42 Å². The third-order valence-electron chi connectivity index (χ3n) is 14.6. The van der Waals surface area contributed by atoms with Crippen molar-refractivity contribution in [1.29, 1.82) is 0 Å². The molecule has 0 saturated carbocycles.